The van der Waals surface area contributed by atoms with Gasteiger partial charge in [-0.15, -0.1) is 0 Å². The Hall–Kier alpha value is -1.70. The third-order valence-corrected chi connectivity index (χ3v) is 4.89. The van der Waals surface area contributed by atoms with Crippen LogP contribution in [0, 0.1) is 5.92 Å². The van der Waals surface area contributed by atoms with Crippen molar-refractivity contribution in [3.8, 4) is 5.88 Å². The van der Waals surface area contributed by atoms with Gasteiger partial charge in [-0.25, -0.2) is 0 Å². The van der Waals surface area contributed by atoms with Crippen molar-refractivity contribution >= 4 is 35.2 Å². The number of rotatable bonds is 4. The van der Waals surface area contributed by atoms with E-state index in [0.717, 1.165) is 17.0 Å². The summed E-state index contributed by atoms with van der Waals surface area (Å²) in [5, 5.41) is 3.91. The molecule has 4 bridgehead atoms. The molecule has 0 spiro atoms. The molecule has 2 heterocycles. The Morgan fingerprint density at radius 2 is 2.23 bits per heavy atom. The topological polar surface area (TPSA) is 59.5 Å². The standard InChI is InChI=1S/C18H23ClN4O2S/c1-12(2)7-14-10-25-17-9-16(19)21-18(22-17)23(11-24-3)26-15-6-4-5-13(8-15)20-14/h4-6,8-9,12,14,20H,7,10-11H2,1-3H3. The molecule has 1 unspecified atom stereocenters. The van der Waals surface area contributed by atoms with Gasteiger partial charge >= 0.3 is 0 Å². The van der Waals surface area contributed by atoms with Crippen LogP contribution in [-0.4, -0.2) is 36.5 Å². The van der Waals surface area contributed by atoms with Gasteiger partial charge in [-0.1, -0.05) is 31.5 Å². The second-order valence-corrected chi connectivity index (χ2v) is 8.01. The van der Waals surface area contributed by atoms with E-state index in [-0.39, 0.29) is 6.04 Å². The Morgan fingerprint density at radius 3 is 3.00 bits per heavy atom. The van der Waals surface area contributed by atoms with Gasteiger partial charge in [-0.3, -0.25) is 4.31 Å². The number of benzene rings is 1. The molecular weight excluding hydrogens is 372 g/mol. The maximum absolute atomic E-state index is 6.19. The predicted octanol–water partition coefficient (Wildman–Crippen LogP) is 4.47. The molecule has 1 aliphatic rings. The van der Waals surface area contributed by atoms with E-state index in [1.807, 2.05) is 16.4 Å². The molecule has 0 saturated carbocycles. The summed E-state index contributed by atoms with van der Waals surface area (Å²) in [5.41, 5.74) is 1.06. The smallest absolute Gasteiger partial charge is 0.242 e. The highest BCUT2D eigenvalue weighted by atomic mass is 35.5. The SMILES string of the molecule is COCN1Sc2cccc(c2)NC(CC(C)C)COc2cc(Cl)nc1n2. The summed E-state index contributed by atoms with van der Waals surface area (Å²) < 4.78 is 13.1. The molecule has 3 rings (SSSR count). The summed E-state index contributed by atoms with van der Waals surface area (Å²) in [6.07, 6.45) is 0.985. The first-order chi connectivity index (χ1) is 12.5. The Morgan fingerprint density at radius 1 is 1.38 bits per heavy atom. The zero-order valence-corrected chi connectivity index (χ0v) is 16.7. The number of ether oxygens (including phenoxy) is 2. The van der Waals surface area contributed by atoms with Crippen LogP contribution < -0.4 is 14.4 Å². The summed E-state index contributed by atoms with van der Waals surface area (Å²) in [6.45, 7) is 5.21. The van der Waals surface area contributed by atoms with E-state index in [9.17, 15) is 0 Å². The van der Waals surface area contributed by atoms with E-state index in [0.29, 0.717) is 36.2 Å². The minimum Gasteiger partial charge on any atom is -0.475 e. The molecule has 1 aromatic carbocycles. The fourth-order valence-corrected chi connectivity index (χ4v) is 3.81. The first-order valence-electron chi connectivity index (χ1n) is 8.52. The van der Waals surface area contributed by atoms with Crippen LogP contribution in [0.15, 0.2) is 35.2 Å². The highest BCUT2D eigenvalue weighted by Crippen LogP contribution is 2.31. The van der Waals surface area contributed by atoms with Gasteiger partial charge in [0.1, 0.15) is 18.5 Å². The summed E-state index contributed by atoms with van der Waals surface area (Å²) in [7, 11) is 1.63. The second-order valence-electron chi connectivity index (χ2n) is 6.53. The average Bonchev–Trinajstić information content (AvgIpc) is 2.58. The van der Waals surface area contributed by atoms with E-state index >= 15 is 0 Å². The van der Waals surface area contributed by atoms with Crippen LogP contribution in [0.2, 0.25) is 5.15 Å². The van der Waals surface area contributed by atoms with Gasteiger partial charge in [0.15, 0.2) is 0 Å². The number of hydrogen-bond acceptors (Lipinski definition) is 7. The molecule has 140 valence electrons. The quantitative estimate of drug-likeness (QED) is 0.606. The van der Waals surface area contributed by atoms with Crippen molar-refractivity contribution in [2.75, 3.05) is 30.1 Å². The van der Waals surface area contributed by atoms with Crippen LogP contribution in [0.1, 0.15) is 20.3 Å². The zero-order chi connectivity index (χ0) is 18.5. The van der Waals surface area contributed by atoms with Crippen molar-refractivity contribution in [1.82, 2.24) is 9.97 Å². The van der Waals surface area contributed by atoms with Gasteiger partial charge in [0.05, 0.1) is 6.04 Å². The van der Waals surface area contributed by atoms with Crippen molar-refractivity contribution in [2.24, 2.45) is 5.92 Å². The van der Waals surface area contributed by atoms with Gasteiger partial charge in [-0.05, 0) is 42.5 Å². The molecule has 0 amide bonds. The molecule has 1 aliphatic heterocycles. The second kappa shape index (κ2) is 8.79. The molecule has 8 heteroatoms. The lowest BCUT2D eigenvalue weighted by Crippen LogP contribution is -2.29. The Balaban J connectivity index is 1.98. The maximum Gasteiger partial charge on any atom is 0.242 e. The van der Waals surface area contributed by atoms with E-state index in [4.69, 9.17) is 21.1 Å². The number of methoxy groups -OCH3 is 1. The van der Waals surface area contributed by atoms with Gasteiger partial charge < -0.3 is 14.8 Å². The van der Waals surface area contributed by atoms with Crippen molar-refractivity contribution in [2.45, 2.75) is 31.2 Å². The monoisotopic (exact) mass is 394 g/mol. The van der Waals surface area contributed by atoms with E-state index in [1.165, 1.54) is 11.9 Å². The summed E-state index contributed by atoms with van der Waals surface area (Å²) in [4.78, 5) is 9.88. The third kappa shape index (κ3) is 5.16. The van der Waals surface area contributed by atoms with Crippen LogP contribution in [0.4, 0.5) is 11.6 Å². The Kier molecular flexibility index (Phi) is 6.45. The highest BCUT2D eigenvalue weighted by Gasteiger charge is 2.18. The average molecular weight is 395 g/mol. The highest BCUT2D eigenvalue weighted by molar-refractivity contribution is 8.00. The van der Waals surface area contributed by atoms with Crippen molar-refractivity contribution < 1.29 is 9.47 Å². The number of nitrogens with zero attached hydrogens (tertiary/aromatic N) is 3. The minimum absolute atomic E-state index is 0.168. The van der Waals surface area contributed by atoms with Crippen LogP contribution in [0.25, 0.3) is 0 Å². The predicted molar refractivity (Wildman–Crippen MR) is 106 cm³/mol. The Labute approximate surface area is 163 Å². The van der Waals surface area contributed by atoms with Gasteiger partial charge in [-0.2, -0.15) is 9.97 Å². The van der Waals surface area contributed by atoms with Gasteiger partial charge in [0.2, 0.25) is 11.8 Å². The van der Waals surface area contributed by atoms with E-state index in [1.54, 1.807) is 13.2 Å². The normalized spacial score (nSPS) is 17.1. The molecule has 0 aliphatic carbocycles. The maximum atomic E-state index is 6.19. The lowest BCUT2D eigenvalue weighted by atomic mass is 10.0. The number of anilines is 2. The molecule has 26 heavy (non-hydrogen) atoms. The summed E-state index contributed by atoms with van der Waals surface area (Å²) in [5.74, 6) is 1.46. The number of aromatic nitrogens is 2. The first-order valence-corrected chi connectivity index (χ1v) is 9.67. The minimum atomic E-state index is 0.168. The largest absolute Gasteiger partial charge is 0.475 e. The molecule has 1 aromatic heterocycles. The number of nitrogens with one attached hydrogen (secondary N) is 1. The van der Waals surface area contributed by atoms with E-state index in [2.05, 4.69) is 41.3 Å². The van der Waals surface area contributed by atoms with Crippen molar-refractivity contribution in [3.63, 3.8) is 0 Å². The fraction of sp³-hybridized carbons (Fsp3) is 0.444. The van der Waals surface area contributed by atoms with Crippen LogP contribution >= 0.6 is 23.5 Å². The fourth-order valence-electron chi connectivity index (χ4n) is 2.74. The summed E-state index contributed by atoms with van der Waals surface area (Å²) >= 11 is 7.68. The Bertz CT molecular complexity index is 747. The van der Waals surface area contributed by atoms with E-state index < -0.39 is 0 Å². The number of fused-ring (bicyclic) bond motifs is 4. The van der Waals surface area contributed by atoms with Gasteiger partial charge in [0, 0.05) is 23.8 Å². The molecule has 1 N–H and O–H groups in total. The zero-order valence-electron chi connectivity index (χ0n) is 15.1. The third-order valence-electron chi connectivity index (χ3n) is 3.74. The van der Waals surface area contributed by atoms with Crippen LogP contribution in [-0.2, 0) is 4.74 Å². The van der Waals surface area contributed by atoms with Gasteiger partial charge in [0.25, 0.3) is 0 Å². The lowest BCUT2D eigenvalue weighted by Gasteiger charge is -2.25. The van der Waals surface area contributed by atoms with Crippen LogP contribution in [0.5, 0.6) is 5.88 Å². The molecule has 0 saturated heterocycles. The molecule has 0 fully saturated rings. The first kappa shape index (κ1) is 19.1. The molecule has 2 aromatic rings. The molecule has 1 atom stereocenters. The van der Waals surface area contributed by atoms with Crippen molar-refractivity contribution in [1.29, 1.82) is 0 Å². The number of hydrogen-bond donors (Lipinski definition) is 1. The molecule has 0 radical (unpaired) electrons. The molecular formula is C18H23ClN4O2S. The number of halogens is 1. The van der Waals surface area contributed by atoms with Crippen molar-refractivity contribution in [3.05, 3.63) is 35.5 Å². The summed E-state index contributed by atoms with van der Waals surface area (Å²) in [6, 6.07) is 10.0. The molecule has 6 nitrogen and oxygen atoms in total. The lowest BCUT2D eigenvalue weighted by molar-refractivity contribution is 0.210. The van der Waals surface area contributed by atoms with Crippen LogP contribution in [0.3, 0.4) is 0 Å².